The van der Waals surface area contributed by atoms with E-state index in [0.29, 0.717) is 39.3 Å². The van der Waals surface area contributed by atoms with Gasteiger partial charge in [-0.3, -0.25) is 4.79 Å². The molecule has 0 aliphatic rings. The number of para-hydroxylation sites is 2. The fraction of sp³-hybridized carbons (Fsp3) is 0.200. The first-order chi connectivity index (χ1) is 18.6. The molecule has 0 atom stereocenters. The maximum absolute atomic E-state index is 13.5. The van der Waals surface area contributed by atoms with Gasteiger partial charge in [-0.1, -0.05) is 86.0 Å². The molecule has 192 valence electrons. The summed E-state index contributed by atoms with van der Waals surface area (Å²) in [6.45, 7) is 2.71. The Labute approximate surface area is 225 Å². The van der Waals surface area contributed by atoms with Gasteiger partial charge in [-0.15, -0.1) is 0 Å². The number of carbonyl (C=O) groups excluding carboxylic acids is 2. The number of nitrogens with zero attached hydrogens (tertiary/aromatic N) is 3. The van der Waals surface area contributed by atoms with E-state index < -0.39 is 11.9 Å². The lowest BCUT2D eigenvalue weighted by atomic mass is 10.2. The number of halogens is 1. The van der Waals surface area contributed by atoms with Crippen LogP contribution in [0.3, 0.4) is 0 Å². The predicted molar refractivity (Wildman–Crippen MR) is 150 cm³/mol. The van der Waals surface area contributed by atoms with Crippen molar-refractivity contribution in [3.63, 3.8) is 0 Å². The van der Waals surface area contributed by atoms with Crippen molar-refractivity contribution in [3.8, 4) is 0 Å². The van der Waals surface area contributed by atoms with Crippen LogP contribution < -0.4 is 5.32 Å². The first kappa shape index (κ1) is 25.4. The number of ether oxygens (including phenoxy) is 1. The summed E-state index contributed by atoms with van der Waals surface area (Å²) in [6, 6.07) is 24.0. The van der Waals surface area contributed by atoms with Crippen molar-refractivity contribution in [1.29, 1.82) is 0 Å². The van der Waals surface area contributed by atoms with Crippen LogP contribution in [-0.4, -0.2) is 33.0 Å². The summed E-state index contributed by atoms with van der Waals surface area (Å²) in [5.74, 6) is -0.737. The number of esters is 1. The van der Waals surface area contributed by atoms with Crippen molar-refractivity contribution in [1.82, 2.24) is 14.5 Å². The van der Waals surface area contributed by atoms with Gasteiger partial charge in [0, 0.05) is 0 Å². The van der Waals surface area contributed by atoms with Gasteiger partial charge >= 0.3 is 5.97 Å². The Morgan fingerprint density at radius 1 is 0.895 bits per heavy atom. The molecule has 1 amide bonds. The van der Waals surface area contributed by atoms with Crippen molar-refractivity contribution in [2.45, 2.75) is 32.7 Å². The summed E-state index contributed by atoms with van der Waals surface area (Å²) in [6.07, 6.45) is 2.70. The fourth-order valence-corrected chi connectivity index (χ4v) is 4.57. The average molecular weight is 527 g/mol. The number of carbonyl (C=O) groups is 2. The lowest BCUT2D eigenvalue weighted by molar-refractivity contribution is 0.0501. The molecule has 5 rings (SSSR count). The minimum atomic E-state index is -0.558. The molecule has 1 N–H and O–H groups in total. The van der Waals surface area contributed by atoms with Gasteiger partial charge in [-0.05, 0) is 36.2 Å². The Hall–Kier alpha value is -4.23. The van der Waals surface area contributed by atoms with E-state index in [-0.39, 0.29) is 18.0 Å². The van der Waals surface area contributed by atoms with Gasteiger partial charge in [-0.25, -0.2) is 14.8 Å². The van der Waals surface area contributed by atoms with Gasteiger partial charge in [0.1, 0.15) is 16.9 Å². The van der Waals surface area contributed by atoms with Crippen LogP contribution in [0, 0.1) is 0 Å². The molecule has 38 heavy (non-hydrogen) atoms. The second kappa shape index (κ2) is 11.4. The molecule has 2 aromatic heterocycles. The second-order valence-corrected chi connectivity index (χ2v) is 9.36. The maximum Gasteiger partial charge on any atom is 0.344 e. The highest BCUT2D eigenvalue weighted by Gasteiger charge is 2.28. The van der Waals surface area contributed by atoms with E-state index in [0.717, 1.165) is 24.8 Å². The van der Waals surface area contributed by atoms with Crippen molar-refractivity contribution in [3.05, 3.63) is 101 Å². The van der Waals surface area contributed by atoms with Gasteiger partial charge in [0.05, 0.1) is 34.8 Å². The lowest BCUT2D eigenvalue weighted by Crippen LogP contribution is -2.19. The highest BCUT2D eigenvalue weighted by molar-refractivity contribution is 6.34. The number of rotatable bonds is 9. The molecule has 0 saturated heterocycles. The minimum Gasteiger partial charge on any atom is -0.462 e. The molecule has 3 aromatic carbocycles. The number of fused-ring (bicyclic) bond motifs is 2. The van der Waals surface area contributed by atoms with E-state index in [1.165, 1.54) is 0 Å². The lowest BCUT2D eigenvalue weighted by Gasteiger charge is -2.14. The zero-order chi connectivity index (χ0) is 26.5. The summed E-state index contributed by atoms with van der Waals surface area (Å²) < 4.78 is 7.48. The highest BCUT2D eigenvalue weighted by Crippen LogP contribution is 2.32. The van der Waals surface area contributed by atoms with Gasteiger partial charge in [0.2, 0.25) is 0 Å². The van der Waals surface area contributed by atoms with Crippen molar-refractivity contribution in [2.24, 2.45) is 0 Å². The monoisotopic (exact) mass is 526 g/mol. The van der Waals surface area contributed by atoms with Crippen LogP contribution in [0.15, 0.2) is 78.9 Å². The summed E-state index contributed by atoms with van der Waals surface area (Å²) in [7, 11) is 0. The van der Waals surface area contributed by atoms with Gasteiger partial charge in [0.25, 0.3) is 5.91 Å². The normalized spacial score (nSPS) is 11.1. The summed E-state index contributed by atoms with van der Waals surface area (Å²) in [4.78, 5) is 36.6. The highest BCUT2D eigenvalue weighted by atomic mass is 35.5. The van der Waals surface area contributed by atoms with E-state index in [2.05, 4.69) is 12.2 Å². The van der Waals surface area contributed by atoms with Crippen molar-refractivity contribution < 1.29 is 14.3 Å². The van der Waals surface area contributed by atoms with Crippen LogP contribution in [0.5, 0.6) is 0 Å². The van der Waals surface area contributed by atoms with Crippen LogP contribution in [-0.2, 0) is 11.3 Å². The molecule has 0 unspecified atom stereocenters. The quantitative estimate of drug-likeness (QED) is 0.167. The number of amides is 1. The summed E-state index contributed by atoms with van der Waals surface area (Å²) >= 11 is 6.32. The van der Waals surface area contributed by atoms with Crippen LogP contribution in [0.1, 0.15) is 52.5 Å². The summed E-state index contributed by atoms with van der Waals surface area (Å²) in [5.41, 5.74) is 3.59. The second-order valence-electron chi connectivity index (χ2n) is 8.96. The number of benzene rings is 3. The third kappa shape index (κ3) is 5.24. The number of aromatic nitrogens is 3. The number of anilines is 1. The molecule has 0 saturated carbocycles. The van der Waals surface area contributed by atoms with Crippen LogP contribution in [0.2, 0.25) is 5.02 Å². The van der Waals surface area contributed by atoms with Crippen molar-refractivity contribution in [2.75, 3.05) is 11.9 Å². The largest absolute Gasteiger partial charge is 0.462 e. The molecule has 5 aromatic rings. The Bertz CT molecular complexity index is 1610. The first-order valence-electron chi connectivity index (χ1n) is 12.6. The third-order valence-electron chi connectivity index (χ3n) is 6.27. The molecule has 0 bridgehead atoms. The molecule has 7 nitrogen and oxygen atoms in total. The first-order valence-corrected chi connectivity index (χ1v) is 13.0. The number of nitrogens with one attached hydrogen (secondary N) is 1. The topological polar surface area (TPSA) is 86.1 Å². The fourth-order valence-electron chi connectivity index (χ4n) is 4.35. The molecule has 0 radical (unpaired) electrons. The van der Waals surface area contributed by atoms with E-state index in [1.807, 2.05) is 59.2 Å². The van der Waals surface area contributed by atoms with Gasteiger partial charge < -0.3 is 14.6 Å². The Kier molecular flexibility index (Phi) is 7.65. The SMILES string of the molecule is CCCCCOC(=O)c1c(NC(=O)c2ccccc2Cl)n(Cc2ccccc2)c2nc3ccccc3nc12. The molecule has 0 fully saturated rings. The van der Waals surface area contributed by atoms with E-state index in [4.69, 9.17) is 26.3 Å². The standard InChI is InChI=1S/C30H27ClN4O3/c1-2-3-11-18-38-30(37)25-26-28(33-24-17-10-9-16-23(24)32-26)35(19-20-12-5-4-6-13-20)27(25)34-29(36)21-14-7-8-15-22(21)31/h4-10,12-17H,2-3,11,18-19H2,1H3,(H,34,36). The van der Waals surface area contributed by atoms with E-state index in [1.54, 1.807) is 24.3 Å². The van der Waals surface area contributed by atoms with Crippen LogP contribution in [0.25, 0.3) is 22.2 Å². The molecule has 2 heterocycles. The Morgan fingerprint density at radius 2 is 1.58 bits per heavy atom. The summed E-state index contributed by atoms with van der Waals surface area (Å²) in [5, 5.41) is 3.25. The molecule has 0 spiro atoms. The van der Waals surface area contributed by atoms with E-state index >= 15 is 0 Å². The number of hydrogen-bond donors (Lipinski definition) is 1. The third-order valence-corrected chi connectivity index (χ3v) is 6.60. The number of hydrogen-bond acceptors (Lipinski definition) is 5. The zero-order valence-corrected chi connectivity index (χ0v) is 21.7. The number of unbranched alkanes of at least 4 members (excludes halogenated alkanes) is 2. The van der Waals surface area contributed by atoms with E-state index in [9.17, 15) is 9.59 Å². The molecular formula is C30H27ClN4O3. The Morgan fingerprint density at radius 3 is 2.32 bits per heavy atom. The van der Waals surface area contributed by atoms with Crippen LogP contribution >= 0.6 is 11.6 Å². The maximum atomic E-state index is 13.5. The molecule has 0 aliphatic carbocycles. The van der Waals surface area contributed by atoms with Crippen molar-refractivity contribution >= 4 is 51.5 Å². The van der Waals surface area contributed by atoms with Crippen LogP contribution in [0.4, 0.5) is 5.82 Å². The molecular weight excluding hydrogens is 500 g/mol. The van der Waals surface area contributed by atoms with Gasteiger partial charge in [0.15, 0.2) is 5.65 Å². The van der Waals surface area contributed by atoms with Gasteiger partial charge in [-0.2, -0.15) is 0 Å². The zero-order valence-electron chi connectivity index (χ0n) is 21.0. The Balaban J connectivity index is 1.70. The molecule has 8 heteroatoms. The smallest absolute Gasteiger partial charge is 0.344 e. The average Bonchev–Trinajstić information content (AvgIpc) is 3.22. The molecule has 0 aliphatic heterocycles. The minimum absolute atomic E-state index is 0.172. The predicted octanol–water partition coefficient (Wildman–Crippen LogP) is 6.89.